The fourth-order valence-electron chi connectivity index (χ4n) is 2.82. The second kappa shape index (κ2) is 11.2. The molecular formula is C25H31N3O5. The van der Waals surface area contributed by atoms with Crippen LogP contribution in [0.3, 0.4) is 0 Å². The van der Waals surface area contributed by atoms with E-state index in [1.165, 1.54) is 0 Å². The summed E-state index contributed by atoms with van der Waals surface area (Å²) in [6.07, 6.45) is 1.45. The Kier molecular flexibility index (Phi) is 8.62. The molecule has 33 heavy (non-hydrogen) atoms. The number of methoxy groups -OCH3 is 1. The van der Waals surface area contributed by atoms with Crippen LogP contribution in [0.1, 0.15) is 45.7 Å². The highest BCUT2D eigenvalue weighted by Gasteiger charge is 2.17. The van der Waals surface area contributed by atoms with Gasteiger partial charge in [-0.05, 0) is 70.0 Å². The number of ether oxygens (including phenoxy) is 2. The molecule has 0 atom stereocenters. The lowest BCUT2D eigenvalue weighted by molar-refractivity contribution is -0.132. The Morgan fingerprint density at radius 3 is 2.06 bits per heavy atom. The summed E-state index contributed by atoms with van der Waals surface area (Å²) in [5, 5.41) is 7.78. The summed E-state index contributed by atoms with van der Waals surface area (Å²) in [4.78, 5) is 36.3. The summed E-state index contributed by atoms with van der Waals surface area (Å²) in [6.45, 7) is 9.53. The predicted molar refractivity (Wildman–Crippen MR) is 129 cm³/mol. The van der Waals surface area contributed by atoms with Gasteiger partial charge in [0.15, 0.2) is 0 Å². The molecule has 2 aromatic rings. The molecule has 0 saturated carbocycles. The van der Waals surface area contributed by atoms with Crippen LogP contribution in [0.4, 0.5) is 16.2 Å². The van der Waals surface area contributed by atoms with Gasteiger partial charge in [-0.15, -0.1) is 0 Å². The molecule has 0 heterocycles. The zero-order chi connectivity index (χ0) is 24.6. The summed E-state index contributed by atoms with van der Waals surface area (Å²) in [5.41, 5.74) is 3.08. The van der Waals surface area contributed by atoms with Crippen LogP contribution in [0.15, 0.2) is 48.5 Å². The number of allylic oxidation sites excluding steroid dienone is 2. The Balaban J connectivity index is 1.93. The van der Waals surface area contributed by atoms with Gasteiger partial charge in [-0.1, -0.05) is 18.2 Å². The molecule has 3 amide bonds. The van der Waals surface area contributed by atoms with Crippen LogP contribution >= 0.6 is 0 Å². The SMILES string of the molecule is C/C=C(\C)c1ccc(NC(=O)C(=O)Nc2ccc(CNC(=O)OC(C)(C)C)cc2)cc1OC. The Labute approximate surface area is 194 Å². The van der Waals surface area contributed by atoms with Crippen molar-refractivity contribution in [2.45, 2.75) is 46.8 Å². The maximum Gasteiger partial charge on any atom is 0.407 e. The largest absolute Gasteiger partial charge is 0.496 e. The number of amides is 3. The number of carbonyl (C=O) groups is 3. The van der Waals surface area contributed by atoms with E-state index in [4.69, 9.17) is 9.47 Å². The number of carbonyl (C=O) groups excluding carboxylic acids is 3. The highest BCUT2D eigenvalue weighted by atomic mass is 16.6. The highest BCUT2D eigenvalue weighted by Crippen LogP contribution is 2.29. The van der Waals surface area contributed by atoms with E-state index in [0.717, 1.165) is 16.7 Å². The van der Waals surface area contributed by atoms with E-state index >= 15 is 0 Å². The van der Waals surface area contributed by atoms with Crippen LogP contribution in [0, 0.1) is 0 Å². The molecule has 176 valence electrons. The number of hydrogen-bond donors (Lipinski definition) is 3. The van der Waals surface area contributed by atoms with Gasteiger partial charge < -0.3 is 25.4 Å². The second-order valence-electron chi connectivity index (χ2n) is 8.35. The van der Waals surface area contributed by atoms with E-state index < -0.39 is 23.5 Å². The lowest BCUT2D eigenvalue weighted by atomic mass is 10.1. The Hall–Kier alpha value is -3.81. The summed E-state index contributed by atoms with van der Waals surface area (Å²) < 4.78 is 10.6. The number of hydrogen-bond acceptors (Lipinski definition) is 5. The normalized spacial score (nSPS) is 11.4. The number of benzene rings is 2. The lowest BCUT2D eigenvalue weighted by Crippen LogP contribution is -2.32. The first kappa shape index (κ1) is 25.5. The van der Waals surface area contributed by atoms with Crippen LogP contribution in [0.2, 0.25) is 0 Å². The standard InChI is InChI=1S/C25H31N3O5/c1-7-16(2)20-13-12-19(14-21(20)32-6)28-23(30)22(29)27-18-10-8-17(9-11-18)15-26-24(31)33-25(3,4)5/h7-14H,15H2,1-6H3,(H,26,31)(H,27,29)(H,28,30)/b16-7+. The van der Waals surface area contributed by atoms with Gasteiger partial charge in [0, 0.05) is 29.5 Å². The van der Waals surface area contributed by atoms with Crippen molar-refractivity contribution in [2.75, 3.05) is 17.7 Å². The average Bonchev–Trinajstić information content (AvgIpc) is 2.76. The van der Waals surface area contributed by atoms with Crippen LogP contribution in [-0.2, 0) is 20.9 Å². The third-order valence-corrected chi connectivity index (χ3v) is 4.57. The minimum absolute atomic E-state index is 0.272. The Morgan fingerprint density at radius 1 is 0.939 bits per heavy atom. The highest BCUT2D eigenvalue weighted by molar-refractivity contribution is 6.43. The number of nitrogens with one attached hydrogen (secondary N) is 3. The lowest BCUT2D eigenvalue weighted by Gasteiger charge is -2.19. The van der Waals surface area contributed by atoms with Gasteiger partial charge >= 0.3 is 17.9 Å². The van der Waals surface area contributed by atoms with E-state index in [9.17, 15) is 14.4 Å². The molecule has 8 heteroatoms. The quantitative estimate of drug-likeness (QED) is 0.549. The Morgan fingerprint density at radius 2 is 1.52 bits per heavy atom. The van der Waals surface area contributed by atoms with E-state index in [-0.39, 0.29) is 6.54 Å². The third kappa shape index (κ3) is 7.99. The molecule has 0 saturated heterocycles. The van der Waals surface area contributed by atoms with Crippen LogP contribution in [0.25, 0.3) is 5.57 Å². The van der Waals surface area contributed by atoms with Gasteiger partial charge in [-0.3, -0.25) is 9.59 Å². The molecule has 8 nitrogen and oxygen atoms in total. The van der Waals surface area contributed by atoms with Gasteiger partial charge in [0.2, 0.25) is 0 Å². The molecule has 0 spiro atoms. The summed E-state index contributed by atoms with van der Waals surface area (Å²) in [5.74, 6) is -1.01. The third-order valence-electron chi connectivity index (χ3n) is 4.57. The molecule has 0 aliphatic rings. The predicted octanol–water partition coefficient (Wildman–Crippen LogP) is 4.72. The van der Waals surface area contributed by atoms with Gasteiger partial charge in [0.05, 0.1) is 7.11 Å². The van der Waals surface area contributed by atoms with E-state index in [0.29, 0.717) is 17.1 Å². The number of alkyl carbamates (subject to hydrolysis) is 1. The zero-order valence-electron chi connectivity index (χ0n) is 19.9. The van der Waals surface area contributed by atoms with E-state index in [1.807, 2.05) is 26.0 Å². The van der Waals surface area contributed by atoms with E-state index in [2.05, 4.69) is 16.0 Å². The Bertz CT molecular complexity index is 1040. The van der Waals surface area contributed by atoms with Crippen molar-refractivity contribution >= 4 is 34.9 Å². The van der Waals surface area contributed by atoms with Crippen molar-refractivity contribution in [3.05, 3.63) is 59.7 Å². The summed E-state index contributed by atoms with van der Waals surface area (Å²) in [7, 11) is 1.55. The molecule has 0 radical (unpaired) electrons. The molecule has 2 aromatic carbocycles. The van der Waals surface area contributed by atoms with E-state index in [1.54, 1.807) is 64.3 Å². The summed E-state index contributed by atoms with van der Waals surface area (Å²) in [6, 6.07) is 12.0. The number of anilines is 2. The van der Waals surface area contributed by atoms with Gasteiger partial charge in [0.25, 0.3) is 0 Å². The molecule has 2 rings (SSSR count). The molecule has 0 aliphatic carbocycles. The first-order chi connectivity index (χ1) is 15.5. The monoisotopic (exact) mass is 453 g/mol. The first-order valence-corrected chi connectivity index (χ1v) is 10.5. The van der Waals surface area contributed by atoms with Crippen molar-refractivity contribution < 1.29 is 23.9 Å². The topological polar surface area (TPSA) is 106 Å². The average molecular weight is 454 g/mol. The minimum atomic E-state index is -0.803. The van der Waals surface area contributed by atoms with Crippen molar-refractivity contribution in [1.82, 2.24) is 5.32 Å². The van der Waals surface area contributed by atoms with Crippen LogP contribution in [-0.4, -0.2) is 30.6 Å². The second-order valence-corrected chi connectivity index (χ2v) is 8.35. The minimum Gasteiger partial charge on any atom is -0.496 e. The van der Waals surface area contributed by atoms with Crippen molar-refractivity contribution in [3.8, 4) is 5.75 Å². The van der Waals surface area contributed by atoms with Gasteiger partial charge in [-0.2, -0.15) is 0 Å². The molecule has 0 unspecified atom stereocenters. The molecule has 0 aromatic heterocycles. The smallest absolute Gasteiger partial charge is 0.407 e. The zero-order valence-corrected chi connectivity index (χ0v) is 19.9. The summed E-state index contributed by atoms with van der Waals surface area (Å²) >= 11 is 0. The fourth-order valence-corrected chi connectivity index (χ4v) is 2.82. The molecule has 0 bridgehead atoms. The maximum absolute atomic E-state index is 12.3. The molecule has 0 aliphatic heterocycles. The van der Waals surface area contributed by atoms with Gasteiger partial charge in [0.1, 0.15) is 11.4 Å². The van der Waals surface area contributed by atoms with Gasteiger partial charge in [-0.25, -0.2) is 4.79 Å². The van der Waals surface area contributed by atoms with Crippen molar-refractivity contribution in [3.63, 3.8) is 0 Å². The molecule has 3 N–H and O–H groups in total. The van der Waals surface area contributed by atoms with Crippen molar-refractivity contribution in [1.29, 1.82) is 0 Å². The maximum atomic E-state index is 12.3. The number of rotatable bonds is 6. The first-order valence-electron chi connectivity index (χ1n) is 10.5. The fraction of sp³-hybridized carbons (Fsp3) is 0.320. The van der Waals surface area contributed by atoms with Crippen LogP contribution in [0.5, 0.6) is 5.75 Å². The van der Waals surface area contributed by atoms with Crippen molar-refractivity contribution in [2.24, 2.45) is 0 Å². The molecule has 0 fully saturated rings. The molecular weight excluding hydrogens is 422 g/mol. The van der Waals surface area contributed by atoms with Crippen LogP contribution < -0.4 is 20.7 Å².